The van der Waals surface area contributed by atoms with Gasteiger partial charge in [0.1, 0.15) is 19.0 Å². The summed E-state index contributed by atoms with van der Waals surface area (Å²) in [6, 6.07) is 5.02. The number of carbonyl (C=O) groups excluding carboxylic acids is 2. The number of phenols is 1. The lowest BCUT2D eigenvalue weighted by Gasteiger charge is -2.37. The Balaban J connectivity index is 1.94. The average Bonchev–Trinajstić information content (AvgIpc) is 2.56. The van der Waals surface area contributed by atoms with Gasteiger partial charge in [0.05, 0.1) is 30.5 Å². The molecule has 0 amide bonds. The lowest BCUT2D eigenvalue weighted by Crippen LogP contribution is -2.45. The highest BCUT2D eigenvalue weighted by Crippen LogP contribution is 2.45. The number of aromatic hydroxyl groups is 1. The number of halogens is 1. The molecule has 0 saturated carbocycles. The molecule has 1 fully saturated rings. The van der Waals surface area contributed by atoms with Crippen molar-refractivity contribution in [2.24, 2.45) is 10.9 Å². The summed E-state index contributed by atoms with van der Waals surface area (Å²) in [4.78, 5) is 29.5. The fourth-order valence-electron chi connectivity index (χ4n) is 3.55. The van der Waals surface area contributed by atoms with E-state index in [4.69, 9.17) is 9.47 Å². The molecule has 0 radical (unpaired) electrons. The van der Waals surface area contributed by atoms with Crippen molar-refractivity contribution in [3.8, 4) is 5.75 Å². The molecule has 0 aromatic heterocycles. The number of nitrogens with zero attached hydrogens (tertiary/aromatic N) is 1. The zero-order valence-corrected chi connectivity index (χ0v) is 14.2. The predicted octanol–water partition coefficient (Wildman–Crippen LogP) is 1.76. The number of benzene rings is 1. The highest BCUT2D eigenvalue weighted by atomic mass is 79.9. The predicted molar refractivity (Wildman–Crippen MR) is 88.2 cm³/mol. The first-order valence-electron chi connectivity index (χ1n) is 7.56. The van der Waals surface area contributed by atoms with E-state index < -0.39 is 11.8 Å². The van der Waals surface area contributed by atoms with Crippen LogP contribution in [0.4, 0.5) is 0 Å². The summed E-state index contributed by atoms with van der Waals surface area (Å²) in [5.74, 6) is -1.41. The average molecular weight is 392 g/mol. The first-order valence-corrected chi connectivity index (χ1v) is 8.36. The molecular formula is C17H14BrNO5. The van der Waals surface area contributed by atoms with Gasteiger partial charge < -0.3 is 14.6 Å². The lowest BCUT2D eigenvalue weighted by molar-refractivity contribution is -0.127. The van der Waals surface area contributed by atoms with E-state index in [-0.39, 0.29) is 43.7 Å². The molecule has 1 saturated heterocycles. The summed E-state index contributed by atoms with van der Waals surface area (Å²) >= 11 is 3.39. The van der Waals surface area contributed by atoms with E-state index in [0.29, 0.717) is 22.5 Å². The topological polar surface area (TPSA) is 85.2 Å². The third-order valence-electron chi connectivity index (χ3n) is 4.53. The second-order valence-corrected chi connectivity index (χ2v) is 6.91. The molecule has 124 valence electrons. The molecule has 2 unspecified atom stereocenters. The molecular weight excluding hydrogens is 378 g/mol. The first kappa shape index (κ1) is 15.7. The van der Waals surface area contributed by atoms with Crippen LogP contribution in [0.1, 0.15) is 11.5 Å². The Morgan fingerprint density at radius 3 is 2.71 bits per heavy atom. The Labute approximate surface area is 146 Å². The number of phenolic OH excluding ortho intramolecular Hbond substituents is 1. The monoisotopic (exact) mass is 391 g/mol. The minimum atomic E-state index is -0.584. The van der Waals surface area contributed by atoms with Gasteiger partial charge in [-0.1, -0.05) is 15.9 Å². The summed E-state index contributed by atoms with van der Waals surface area (Å²) in [6.07, 6.45) is 0. The third-order valence-corrected chi connectivity index (χ3v) is 5.02. The molecule has 4 rings (SSSR count). The van der Waals surface area contributed by atoms with Crippen molar-refractivity contribution in [1.29, 1.82) is 0 Å². The summed E-state index contributed by atoms with van der Waals surface area (Å²) in [5.41, 5.74) is 2.13. The van der Waals surface area contributed by atoms with Crippen molar-refractivity contribution in [2.75, 3.05) is 26.4 Å². The molecule has 6 nitrogen and oxygen atoms in total. The Morgan fingerprint density at radius 1 is 1.08 bits per heavy atom. The summed E-state index contributed by atoms with van der Waals surface area (Å²) in [5, 5.41) is 10.4. The van der Waals surface area contributed by atoms with Gasteiger partial charge in [-0.15, -0.1) is 0 Å². The van der Waals surface area contributed by atoms with E-state index in [1.165, 1.54) is 0 Å². The number of ether oxygens (including phenoxy) is 2. The van der Waals surface area contributed by atoms with Gasteiger partial charge in [-0.25, -0.2) is 0 Å². The van der Waals surface area contributed by atoms with Crippen LogP contribution >= 0.6 is 15.9 Å². The van der Waals surface area contributed by atoms with E-state index in [1.807, 2.05) is 0 Å². The van der Waals surface area contributed by atoms with Crippen LogP contribution in [-0.2, 0) is 19.1 Å². The van der Waals surface area contributed by atoms with Crippen molar-refractivity contribution < 1.29 is 24.2 Å². The van der Waals surface area contributed by atoms with Crippen LogP contribution in [0.3, 0.4) is 0 Å². The van der Waals surface area contributed by atoms with E-state index in [0.717, 1.165) is 4.47 Å². The number of aliphatic imine (C=N–C) groups is 1. The van der Waals surface area contributed by atoms with Crippen molar-refractivity contribution in [1.82, 2.24) is 0 Å². The zero-order valence-electron chi connectivity index (χ0n) is 12.6. The lowest BCUT2D eigenvalue weighted by atomic mass is 9.71. The highest BCUT2D eigenvalue weighted by Gasteiger charge is 2.46. The smallest absolute Gasteiger partial charge is 0.187 e. The number of ketones is 2. The van der Waals surface area contributed by atoms with Crippen LogP contribution < -0.4 is 0 Å². The van der Waals surface area contributed by atoms with Crippen molar-refractivity contribution in [2.45, 2.75) is 5.92 Å². The van der Waals surface area contributed by atoms with Crippen LogP contribution in [0.5, 0.6) is 5.75 Å². The Morgan fingerprint density at radius 2 is 1.88 bits per heavy atom. The van der Waals surface area contributed by atoms with Crippen molar-refractivity contribution >= 4 is 33.2 Å². The van der Waals surface area contributed by atoms with Gasteiger partial charge in [0.15, 0.2) is 11.6 Å². The molecule has 7 heteroatoms. The Kier molecular flexibility index (Phi) is 3.86. The van der Waals surface area contributed by atoms with Gasteiger partial charge in [-0.05, 0) is 18.2 Å². The number of carbonyl (C=O) groups is 2. The molecule has 3 heterocycles. The summed E-state index contributed by atoms with van der Waals surface area (Å²) in [7, 11) is 0. The molecule has 0 aliphatic carbocycles. The molecule has 0 bridgehead atoms. The standard InChI is InChI=1S/C17H14BrNO5/c18-8-1-2-12(20)9(3-8)15-16-10(4-23-6-13(16)21)19-11-5-24-7-14(22)17(11)15/h1-3,15-16,20H,4-7H2. The quantitative estimate of drug-likeness (QED) is 0.788. The number of Topliss-reactive ketones (excluding diaryl/α,β-unsaturated/α-hetero) is 2. The molecule has 1 aromatic carbocycles. The van der Waals surface area contributed by atoms with Gasteiger partial charge in [0.2, 0.25) is 0 Å². The Hall–Kier alpha value is -1.83. The molecule has 24 heavy (non-hydrogen) atoms. The van der Waals surface area contributed by atoms with Gasteiger partial charge >= 0.3 is 0 Å². The number of rotatable bonds is 1. The molecule has 0 spiro atoms. The highest BCUT2D eigenvalue weighted by molar-refractivity contribution is 9.10. The van der Waals surface area contributed by atoms with Crippen LogP contribution in [-0.4, -0.2) is 48.8 Å². The maximum atomic E-state index is 12.5. The van der Waals surface area contributed by atoms with Crippen LogP contribution in [0.15, 0.2) is 38.9 Å². The largest absolute Gasteiger partial charge is 0.508 e. The summed E-state index contributed by atoms with van der Waals surface area (Å²) < 4.78 is 11.3. The molecule has 3 aliphatic rings. The van der Waals surface area contributed by atoms with E-state index in [2.05, 4.69) is 20.9 Å². The minimum Gasteiger partial charge on any atom is -0.508 e. The molecule has 2 atom stereocenters. The third kappa shape index (κ3) is 2.44. The maximum Gasteiger partial charge on any atom is 0.187 e. The number of hydrogen-bond acceptors (Lipinski definition) is 6. The fourth-order valence-corrected chi connectivity index (χ4v) is 3.93. The maximum absolute atomic E-state index is 12.5. The van der Waals surface area contributed by atoms with Gasteiger partial charge in [0.25, 0.3) is 0 Å². The molecule has 1 N–H and O–H groups in total. The van der Waals surface area contributed by atoms with Crippen LogP contribution in [0, 0.1) is 5.92 Å². The van der Waals surface area contributed by atoms with Crippen molar-refractivity contribution in [3.63, 3.8) is 0 Å². The van der Waals surface area contributed by atoms with Crippen LogP contribution in [0.25, 0.3) is 0 Å². The number of fused-ring (bicyclic) bond motifs is 1. The van der Waals surface area contributed by atoms with Gasteiger partial charge in [0, 0.05) is 21.5 Å². The normalized spacial score (nSPS) is 26.8. The van der Waals surface area contributed by atoms with E-state index in [1.54, 1.807) is 18.2 Å². The van der Waals surface area contributed by atoms with E-state index >= 15 is 0 Å². The number of hydrogen-bond donors (Lipinski definition) is 1. The van der Waals surface area contributed by atoms with Gasteiger partial charge in [-0.3, -0.25) is 14.6 Å². The second kappa shape index (κ2) is 5.91. The Bertz CT molecular complexity index is 813. The van der Waals surface area contributed by atoms with E-state index in [9.17, 15) is 14.7 Å². The SMILES string of the molecule is O=C1COCC2=C1C(c1cc(Br)ccc1O)C1C(=O)COCC1=N2. The van der Waals surface area contributed by atoms with Crippen molar-refractivity contribution in [3.05, 3.63) is 39.5 Å². The second-order valence-electron chi connectivity index (χ2n) is 6.00. The molecule has 3 aliphatic heterocycles. The first-order chi connectivity index (χ1) is 11.6. The van der Waals surface area contributed by atoms with Gasteiger partial charge in [-0.2, -0.15) is 0 Å². The fraction of sp³-hybridized carbons (Fsp3) is 0.353. The minimum absolute atomic E-state index is 0.0117. The summed E-state index contributed by atoms with van der Waals surface area (Å²) in [6.45, 7) is 0.415. The zero-order chi connectivity index (χ0) is 16.8. The molecule has 1 aromatic rings. The van der Waals surface area contributed by atoms with Crippen LogP contribution in [0.2, 0.25) is 0 Å².